The van der Waals surface area contributed by atoms with Crippen molar-refractivity contribution >= 4 is 0 Å². The van der Waals surface area contributed by atoms with Crippen molar-refractivity contribution in [1.82, 2.24) is 0 Å². The molecule has 0 radical (unpaired) electrons. The lowest BCUT2D eigenvalue weighted by atomic mass is 10.4. The van der Waals surface area contributed by atoms with Crippen LogP contribution < -0.4 is 5.73 Å². The van der Waals surface area contributed by atoms with Gasteiger partial charge in [-0.15, -0.1) is 6.58 Å². The zero-order valence-corrected chi connectivity index (χ0v) is 6.35. The minimum absolute atomic E-state index is 0.277. The molecule has 0 aliphatic carbocycles. The van der Waals surface area contributed by atoms with Gasteiger partial charge in [-0.2, -0.15) is 0 Å². The molecule has 0 heterocycles. The van der Waals surface area contributed by atoms with Gasteiger partial charge in [0.15, 0.2) is 0 Å². The highest BCUT2D eigenvalue weighted by Crippen LogP contribution is 2.10. The molecule has 4 heteroatoms. The van der Waals surface area contributed by atoms with Crippen LogP contribution in [0.3, 0.4) is 0 Å². The molecule has 2 N–H and O–H groups in total. The summed E-state index contributed by atoms with van der Waals surface area (Å²) >= 11 is 0. The van der Waals surface area contributed by atoms with Gasteiger partial charge in [0.25, 0.3) is 5.92 Å². The van der Waals surface area contributed by atoms with E-state index in [1.54, 1.807) is 6.08 Å². The fraction of sp³-hybridized carbons (Fsp3) is 0.714. The van der Waals surface area contributed by atoms with Gasteiger partial charge in [0.2, 0.25) is 0 Å². The maximum Gasteiger partial charge on any atom is 0.282 e. The third-order valence-corrected chi connectivity index (χ3v) is 1.08. The van der Waals surface area contributed by atoms with E-state index in [1.165, 1.54) is 0 Å². The van der Waals surface area contributed by atoms with Crippen LogP contribution in [0.2, 0.25) is 0 Å². The van der Waals surface area contributed by atoms with Gasteiger partial charge in [-0.05, 0) is 6.42 Å². The van der Waals surface area contributed by atoms with Gasteiger partial charge >= 0.3 is 0 Å². The van der Waals surface area contributed by atoms with E-state index in [1.807, 2.05) is 0 Å². The topological polar surface area (TPSA) is 35.2 Å². The monoisotopic (exact) mass is 165 g/mol. The Kier molecular flexibility index (Phi) is 4.98. The van der Waals surface area contributed by atoms with Crippen molar-refractivity contribution in [1.29, 1.82) is 0 Å². The molecule has 0 aromatic heterocycles. The fourth-order valence-electron chi connectivity index (χ4n) is 0.447. The molecule has 0 fully saturated rings. The summed E-state index contributed by atoms with van der Waals surface area (Å²) in [6, 6.07) is 0. The van der Waals surface area contributed by atoms with E-state index in [2.05, 4.69) is 11.3 Å². The van der Waals surface area contributed by atoms with Crippen LogP contribution in [0.1, 0.15) is 6.42 Å². The van der Waals surface area contributed by atoms with Crippen molar-refractivity contribution in [2.75, 3.05) is 19.8 Å². The third kappa shape index (κ3) is 5.94. The summed E-state index contributed by atoms with van der Waals surface area (Å²) in [6.07, 6.45) is 2.20. The minimum Gasteiger partial charge on any atom is -0.375 e. The van der Waals surface area contributed by atoms with Crippen LogP contribution in [0.5, 0.6) is 0 Å². The molecule has 0 aliphatic heterocycles. The highest BCUT2D eigenvalue weighted by Gasteiger charge is 2.26. The number of halogens is 2. The molecule has 0 bridgehead atoms. The van der Waals surface area contributed by atoms with E-state index in [9.17, 15) is 8.78 Å². The number of alkyl halides is 2. The second-order valence-electron chi connectivity index (χ2n) is 2.19. The third-order valence-electron chi connectivity index (χ3n) is 1.08. The first-order chi connectivity index (χ1) is 5.12. The van der Waals surface area contributed by atoms with Crippen molar-refractivity contribution in [3.63, 3.8) is 0 Å². The summed E-state index contributed by atoms with van der Waals surface area (Å²) in [4.78, 5) is 0. The Balaban J connectivity index is 3.29. The summed E-state index contributed by atoms with van der Waals surface area (Å²) in [5.41, 5.74) is 4.77. The predicted molar refractivity (Wildman–Crippen MR) is 39.6 cm³/mol. The predicted octanol–water partition coefficient (Wildman–Crippen LogP) is 1.17. The Labute approximate surface area is 65.0 Å². The molecule has 0 aromatic rings. The molecule has 66 valence electrons. The van der Waals surface area contributed by atoms with Crippen LogP contribution in [-0.4, -0.2) is 25.7 Å². The molecule has 0 atom stereocenters. The Hall–Kier alpha value is -0.480. The number of hydrogen-bond acceptors (Lipinski definition) is 2. The van der Waals surface area contributed by atoms with Gasteiger partial charge in [-0.25, -0.2) is 8.78 Å². The lowest BCUT2D eigenvalue weighted by molar-refractivity contribution is -0.0683. The molecular weight excluding hydrogens is 152 g/mol. The number of rotatable bonds is 6. The second kappa shape index (κ2) is 5.21. The largest absolute Gasteiger partial charge is 0.375 e. The van der Waals surface area contributed by atoms with E-state index in [-0.39, 0.29) is 6.61 Å². The summed E-state index contributed by atoms with van der Waals surface area (Å²) in [6.45, 7) is 2.43. The van der Waals surface area contributed by atoms with Gasteiger partial charge in [-0.3, -0.25) is 0 Å². The van der Waals surface area contributed by atoms with Crippen molar-refractivity contribution < 1.29 is 13.5 Å². The molecule has 2 nitrogen and oxygen atoms in total. The molecule has 0 saturated carbocycles. The molecule has 0 aromatic carbocycles. The average molecular weight is 165 g/mol. The van der Waals surface area contributed by atoms with Crippen molar-refractivity contribution in [3.05, 3.63) is 12.7 Å². The Morgan fingerprint density at radius 3 is 2.64 bits per heavy atom. The first kappa shape index (κ1) is 10.5. The van der Waals surface area contributed by atoms with Gasteiger partial charge in [0, 0.05) is 0 Å². The maximum absolute atomic E-state index is 12.3. The van der Waals surface area contributed by atoms with E-state index in [0.29, 0.717) is 6.42 Å². The van der Waals surface area contributed by atoms with E-state index < -0.39 is 19.1 Å². The lowest BCUT2D eigenvalue weighted by Gasteiger charge is -2.12. The minimum atomic E-state index is -2.89. The van der Waals surface area contributed by atoms with E-state index in [0.717, 1.165) is 0 Å². The molecule has 0 aliphatic rings. The second-order valence-corrected chi connectivity index (χ2v) is 2.19. The number of ether oxygens (including phenoxy) is 1. The van der Waals surface area contributed by atoms with E-state index >= 15 is 0 Å². The summed E-state index contributed by atoms with van der Waals surface area (Å²) in [5.74, 6) is -2.89. The summed E-state index contributed by atoms with van der Waals surface area (Å²) < 4.78 is 29.2. The van der Waals surface area contributed by atoms with Crippen molar-refractivity contribution in [2.24, 2.45) is 5.73 Å². The Morgan fingerprint density at radius 1 is 1.55 bits per heavy atom. The highest BCUT2D eigenvalue weighted by molar-refractivity contribution is 4.67. The smallest absolute Gasteiger partial charge is 0.282 e. The number of nitrogens with two attached hydrogens (primary N) is 1. The molecular formula is C7H13F2NO. The summed E-state index contributed by atoms with van der Waals surface area (Å²) in [7, 11) is 0. The first-order valence-corrected chi connectivity index (χ1v) is 3.39. The van der Waals surface area contributed by atoms with Crippen LogP contribution in [0.4, 0.5) is 8.78 Å². The van der Waals surface area contributed by atoms with Crippen molar-refractivity contribution in [2.45, 2.75) is 12.3 Å². The molecule has 0 unspecified atom stereocenters. The zero-order chi connectivity index (χ0) is 8.74. The molecule has 0 spiro atoms. The lowest BCUT2D eigenvalue weighted by Crippen LogP contribution is -2.33. The SMILES string of the molecule is C=CCCOCC(F)(F)CN. The molecule has 0 saturated heterocycles. The van der Waals surface area contributed by atoms with Crippen LogP contribution in [-0.2, 0) is 4.74 Å². The Morgan fingerprint density at radius 2 is 2.18 bits per heavy atom. The normalized spacial score (nSPS) is 11.5. The fourth-order valence-corrected chi connectivity index (χ4v) is 0.447. The molecule has 0 amide bonds. The van der Waals surface area contributed by atoms with Gasteiger partial charge in [0.1, 0.15) is 6.61 Å². The Bertz CT molecular complexity index is 117. The van der Waals surface area contributed by atoms with Crippen LogP contribution >= 0.6 is 0 Å². The van der Waals surface area contributed by atoms with E-state index in [4.69, 9.17) is 5.73 Å². The summed E-state index contributed by atoms with van der Waals surface area (Å²) in [5, 5.41) is 0. The highest BCUT2D eigenvalue weighted by atomic mass is 19.3. The first-order valence-electron chi connectivity index (χ1n) is 3.39. The van der Waals surface area contributed by atoms with Gasteiger partial charge in [0.05, 0.1) is 13.2 Å². The standard InChI is InChI=1S/C7H13F2NO/c1-2-3-4-11-6-7(8,9)5-10/h2H,1,3-6,10H2. The van der Waals surface area contributed by atoms with Crippen LogP contribution in [0.15, 0.2) is 12.7 Å². The van der Waals surface area contributed by atoms with Gasteiger partial charge in [-0.1, -0.05) is 6.08 Å². The maximum atomic E-state index is 12.3. The zero-order valence-electron chi connectivity index (χ0n) is 6.35. The average Bonchev–Trinajstić information content (AvgIpc) is 1.99. The molecule has 0 rings (SSSR count). The van der Waals surface area contributed by atoms with Crippen LogP contribution in [0.25, 0.3) is 0 Å². The number of hydrogen-bond donors (Lipinski definition) is 1. The van der Waals surface area contributed by atoms with Gasteiger partial charge < -0.3 is 10.5 Å². The van der Waals surface area contributed by atoms with Crippen molar-refractivity contribution in [3.8, 4) is 0 Å². The molecule has 11 heavy (non-hydrogen) atoms. The quantitative estimate of drug-likeness (QED) is 0.473. The van der Waals surface area contributed by atoms with Crippen LogP contribution in [0, 0.1) is 0 Å².